The summed E-state index contributed by atoms with van der Waals surface area (Å²) >= 11 is 1.26. The number of hydrogen-bond acceptors (Lipinski definition) is 6. The van der Waals surface area contributed by atoms with Crippen LogP contribution < -0.4 is 5.32 Å². The van der Waals surface area contributed by atoms with E-state index in [2.05, 4.69) is 15.5 Å². The minimum atomic E-state index is -0.329. The Morgan fingerprint density at radius 3 is 2.52 bits per heavy atom. The van der Waals surface area contributed by atoms with Crippen molar-refractivity contribution in [2.24, 2.45) is 0 Å². The number of nitrogens with one attached hydrogen (secondary N) is 1. The van der Waals surface area contributed by atoms with Gasteiger partial charge in [0.15, 0.2) is 11.0 Å². The summed E-state index contributed by atoms with van der Waals surface area (Å²) in [5, 5.41) is 12.3. The van der Waals surface area contributed by atoms with Gasteiger partial charge in [-0.1, -0.05) is 29.5 Å². The summed E-state index contributed by atoms with van der Waals surface area (Å²) in [6.07, 6.45) is 0. The summed E-state index contributed by atoms with van der Waals surface area (Å²) < 4.78 is 19.6. The average molecular weight is 386 g/mol. The molecular weight excluding hydrogens is 367 g/mol. The van der Waals surface area contributed by atoms with Crippen molar-refractivity contribution in [1.82, 2.24) is 14.8 Å². The molecule has 0 spiro atoms. The highest BCUT2D eigenvalue weighted by Gasteiger charge is 2.16. The smallest absolute Gasteiger partial charge is 0.316 e. The monoisotopic (exact) mass is 386 g/mol. The zero-order valence-corrected chi connectivity index (χ0v) is 15.8. The first-order valence-corrected chi connectivity index (χ1v) is 9.26. The van der Waals surface area contributed by atoms with E-state index in [0.29, 0.717) is 17.5 Å². The first kappa shape index (κ1) is 18.9. The first-order valence-electron chi connectivity index (χ1n) is 8.27. The van der Waals surface area contributed by atoms with Crippen LogP contribution in [0, 0.1) is 12.7 Å². The molecule has 1 N–H and O–H groups in total. The van der Waals surface area contributed by atoms with Crippen molar-refractivity contribution in [3.05, 3.63) is 65.7 Å². The Hall–Kier alpha value is -2.87. The van der Waals surface area contributed by atoms with Crippen LogP contribution in [0.15, 0.2) is 53.7 Å². The molecule has 1 heterocycles. The van der Waals surface area contributed by atoms with Gasteiger partial charge in [0.2, 0.25) is 0 Å². The highest BCUT2D eigenvalue weighted by molar-refractivity contribution is 7.99. The van der Waals surface area contributed by atoms with Crippen LogP contribution in [-0.2, 0) is 16.1 Å². The number of hydrogen-bond donors (Lipinski definition) is 1. The molecule has 0 atom stereocenters. The molecule has 0 bridgehead atoms. The van der Waals surface area contributed by atoms with Crippen molar-refractivity contribution in [3.8, 4) is 5.69 Å². The molecule has 0 fully saturated rings. The summed E-state index contributed by atoms with van der Waals surface area (Å²) in [5.74, 6) is 0.205. The number of methoxy groups -OCH3 is 1. The van der Waals surface area contributed by atoms with Gasteiger partial charge in [-0.2, -0.15) is 0 Å². The molecule has 0 saturated carbocycles. The van der Waals surface area contributed by atoms with Crippen molar-refractivity contribution < 1.29 is 13.9 Å². The third-order valence-corrected chi connectivity index (χ3v) is 4.74. The van der Waals surface area contributed by atoms with E-state index in [1.165, 1.54) is 31.0 Å². The van der Waals surface area contributed by atoms with Crippen LogP contribution in [0.4, 0.5) is 10.1 Å². The molecule has 0 unspecified atom stereocenters. The second-order valence-electron chi connectivity index (χ2n) is 5.80. The van der Waals surface area contributed by atoms with E-state index in [0.717, 1.165) is 16.9 Å². The molecule has 0 radical (unpaired) electrons. The highest BCUT2D eigenvalue weighted by Crippen LogP contribution is 2.23. The van der Waals surface area contributed by atoms with Gasteiger partial charge in [-0.15, -0.1) is 10.2 Å². The minimum Gasteiger partial charge on any atom is -0.468 e. The van der Waals surface area contributed by atoms with Gasteiger partial charge in [-0.25, -0.2) is 4.39 Å². The molecule has 0 saturated heterocycles. The van der Waals surface area contributed by atoms with E-state index in [4.69, 9.17) is 4.74 Å². The maximum Gasteiger partial charge on any atom is 0.316 e. The average Bonchev–Trinajstić information content (AvgIpc) is 3.09. The van der Waals surface area contributed by atoms with Gasteiger partial charge in [-0.05, 0) is 43.3 Å². The quantitative estimate of drug-likeness (QED) is 0.494. The maximum atomic E-state index is 13.1. The number of rotatable bonds is 7. The van der Waals surface area contributed by atoms with Crippen molar-refractivity contribution in [2.45, 2.75) is 18.6 Å². The molecule has 8 heteroatoms. The van der Waals surface area contributed by atoms with Crippen LogP contribution in [0.5, 0.6) is 0 Å². The molecular formula is C19H19FN4O2S. The predicted molar refractivity (Wildman–Crippen MR) is 103 cm³/mol. The fourth-order valence-corrected chi connectivity index (χ4v) is 3.20. The molecule has 2 aromatic carbocycles. The lowest BCUT2D eigenvalue weighted by Gasteiger charge is -2.11. The number of carbonyl (C=O) groups is 1. The van der Waals surface area contributed by atoms with Crippen LogP contribution in [0.25, 0.3) is 5.69 Å². The third kappa shape index (κ3) is 4.85. The normalized spacial score (nSPS) is 10.6. The highest BCUT2D eigenvalue weighted by atomic mass is 32.2. The summed E-state index contributed by atoms with van der Waals surface area (Å²) in [4.78, 5) is 11.5. The van der Waals surface area contributed by atoms with E-state index in [1.807, 2.05) is 35.8 Å². The minimum absolute atomic E-state index is 0.145. The summed E-state index contributed by atoms with van der Waals surface area (Å²) in [6.45, 7) is 2.41. The van der Waals surface area contributed by atoms with Crippen molar-refractivity contribution >= 4 is 23.4 Å². The molecule has 0 aliphatic heterocycles. The zero-order chi connectivity index (χ0) is 19.2. The van der Waals surface area contributed by atoms with Crippen LogP contribution in [0.2, 0.25) is 0 Å². The summed E-state index contributed by atoms with van der Waals surface area (Å²) in [5.41, 5.74) is 2.81. The van der Waals surface area contributed by atoms with Crippen LogP contribution in [-0.4, -0.2) is 33.6 Å². The number of benzene rings is 2. The number of ether oxygens (including phenoxy) is 1. The number of carbonyl (C=O) groups excluding carboxylic acids is 1. The molecule has 0 aliphatic rings. The van der Waals surface area contributed by atoms with Crippen molar-refractivity contribution in [1.29, 1.82) is 0 Å². The standard InChI is InChI=1S/C19H19FN4O2S/c1-13-3-9-16(10-4-13)24-17(11-21-15-7-5-14(20)6-8-15)22-23-19(24)27-12-18(25)26-2/h3-10,21H,11-12H2,1-2H3. The number of halogens is 1. The van der Waals surface area contributed by atoms with Crippen LogP contribution >= 0.6 is 11.8 Å². The first-order chi connectivity index (χ1) is 13.1. The van der Waals surface area contributed by atoms with E-state index in [-0.39, 0.29) is 17.5 Å². The largest absolute Gasteiger partial charge is 0.468 e. The molecule has 0 amide bonds. The van der Waals surface area contributed by atoms with E-state index >= 15 is 0 Å². The second kappa shape index (κ2) is 8.68. The lowest BCUT2D eigenvalue weighted by Crippen LogP contribution is -2.09. The SMILES string of the molecule is COC(=O)CSc1nnc(CNc2ccc(F)cc2)n1-c1ccc(C)cc1. The van der Waals surface area contributed by atoms with Crippen LogP contribution in [0.1, 0.15) is 11.4 Å². The Kier molecular flexibility index (Phi) is 6.08. The second-order valence-corrected chi connectivity index (χ2v) is 6.74. The number of aromatic nitrogens is 3. The van der Waals surface area contributed by atoms with Gasteiger partial charge in [-0.3, -0.25) is 9.36 Å². The Morgan fingerprint density at radius 1 is 1.15 bits per heavy atom. The number of aryl methyl sites for hydroxylation is 1. The Labute approximate surface area is 160 Å². The van der Waals surface area contributed by atoms with Gasteiger partial charge < -0.3 is 10.1 Å². The van der Waals surface area contributed by atoms with Gasteiger partial charge in [0.1, 0.15) is 5.82 Å². The van der Waals surface area contributed by atoms with Gasteiger partial charge in [0.25, 0.3) is 0 Å². The topological polar surface area (TPSA) is 69.0 Å². The van der Waals surface area contributed by atoms with Gasteiger partial charge in [0, 0.05) is 11.4 Å². The Morgan fingerprint density at radius 2 is 1.85 bits per heavy atom. The number of thioether (sulfide) groups is 1. The molecule has 3 rings (SSSR count). The predicted octanol–water partition coefficient (Wildman–Crippen LogP) is 3.59. The third-order valence-electron chi connectivity index (χ3n) is 3.83. The number of esters is 1. The molecule has 1 aromatic heterocycles. The summed E-state index contributed by atoms with van der Waals surface area (Å²) in [6, 6.07) is 14.1. The molecule has 0 aliphatic carbocycles. The Bertz CT molecular complexity index is 910. The molecule has 140 valence electrons. The number of anilines is 1. The van der Waals surface area contributed by atoms with Gasteiger partial charge in [0.05, 0.1) is 19.4 Å². The zero-order valence-electron chi connectivity index (χ0n) is 15.0. The van der Waals surface area contributed by atoms with E-state index in [9.17, 15) is 9.18 Å². The lowest BCUT2D eigenvalue weighted by molar-refractivity contribution is -0.137. The molecule has 27 heavy (non-hydrogen) atoms. The molecule has 3 aromatic rings. The number of nitrogens with zero attached hydrogens (tertiary/aromatic N) is 3. The molecule has 6 nitrogen and oxygen atoms in total. The van der Waals surface area contributed by atoms with Gasteiger partial charge >= 0.3 is 5.97 Å². The maximum absolute atomic E-state index is 13.1. The fraction of sp³-hybridized carbons (Fsp3) is 0.211. The van der Waals surface area contributed by atoms with Crippen LogP contribution in [0.3, 0.4) is 0 Å². The summed E-state index contributed by atoms with van der Waals surface area (Å²) in [7, 11) is 1.35. The fourth-order valence-electron chi connectivity index (χ4n) is 2.39. The lowest BCUT2D eigenvalue weighted by atomic mass is 10.2. The van der Waals surface area contributed by atoms with Crippen molar-refractivity contribution in [3.63, 3.8) is 0 Å². The van der Waals surface area contributed by atoms with E-state index in [1.54, 1.807) is 12.1 Å². The Balaban J connectivity index is 1.85. The van der Waals surface area contributed by atoms with E-state index < -0.39 is 0 Å². The van der Waals surface area contributed by atoms with Crippen molar-refractivity contribution in [2.75, 3.05) is 18.2 Å².